The van der Waals surface area contributed by atoms with Crippen molar-refractivity contribution in [3.05, 3.63) is 0 Å². The summed E-state index contributed by atoms with van der Waals surface area (Å²) < 4.78 is 0. The molecule has 0 aromatic heterocycles. The zero-order valence-corrected chi connectivity index (χ0v) is 69.7. The van der Waals surface area contributed by atoms with Gasteiger partial charge in [0.15, 0.2) is 0 Å². The number of fused-ring (bicyclic) bond motifs is 12. The van der Waals surface area contributed by atoms with Gasteiger partial charge in [-0.15, -0.1) is 0 Å². The minimum atomic E-state index is 1.19. The second kappa shape index (κ2) is 17.8. The van der Waals surface area contributed by atoms with Gasteiger partial charge in [-0.3, -0.25) is 0 Å². The van der Waals surface area contributed by atoms with Gasteiger partial charge >= 0.3 is 0 Å². The summed E-state index contributed by atoms with van der Waals surface area (Å²) in [6, 6.07) is 0. The summed E-state index contributed by atoms with van der Waals surface area (Å²) in [6.07, 6.45) is 53.1. The zero-order valence-electron chi connectivity index (χ0n) is 69.7. The quantitative estimate of drug-likeness (QED) is 0.227. The number of rotatable bonds is 0. The summed E-state index contributed by atoms with van der Waals surface area (Å²) in [5.41, 5.74) is 0. The lowest BCUT2D eigenvalue weighted by Gasteiger charge is -2.95. The molecular formula is C114H144. The maximum atomic E-state index is 1.80. The molecule has 60 unspecified atom stereocenters. The first-order chi connectivity index (χ1) is 56.8. The summed E-state index contributed by atoms with van der Waals surface area (Å²) in [6.45, 7) is 0. The Hall–Kier alpha value is 0. The minimum absolute atomic E-state index is 1.19. The van der Waals surface area contributed by atoms with Gasteiger partial charge in [-0.25, -0.2) is 0 Å². The van der Waals surface area contributed by atoms with Gasteiger partial charge in [-0.2, -0.15) is 0 Å². The van der Waals surface area contributed by atoms with Crippen LogP contribution in [0.2, 0.25) is 0 Å². The molecule has 0 radical (unpaired) electrons. The topological polar surface area (TPSA) is 0 Å². The Balaban J connectivity index is 0.639. The van der Waals surface area contributed by atoms with Gasteiger partial charge < -0.3 is 0 Å². The van der Waals surface area contributed by atoms with E-state index in [1.54, 1.807) is 193 Å². The third-order valence-electron chi connectivity index (χ3n) is 64.6. The van der Waals surface area contributed by atoms with E-state index in [-0.39, 0.29) is 0 Å². The van der Waals surface area contributed by atoms with Crippen LogP contribution in [0.4, 0.5) is 0 Å². The molecule has 0 amide bonds. The Bertz CT molecular complexity index is 3610. The fourth-order valence-corrected chi connectivity index (χ4v) is 70.0. The van der Waals surface area contributed by atoms with Gasteiger partial charge in [0.05, 0.1) is 0 Å². The highest BCUT2D eigenvalue weighted by Gasteiger charge is 2.97. The molecular weight excluding hydrogens is 1370 g/mol. The highest BCUT2D eigenvalue weighted by molar-refractivity contribution is 5.44. The molecule has 600 valence electrons. The van der Waals surface area contributed by atoms with Crippen LogP contribution in [0.5, 0.6) is 0 Å². The van der Waals surface area contributed by atoms with Crippen molar-refractivity contribution in [3.8, 4) is 0 Å². The van der Waals surface area contributed by atoms with Gasteiger partial charge in [0, 0.05) is 0 Å². The normalized spacial score (nSPS) is 85.9. The summed E-state index contributed by atoms with van der Waals surface area (Å²) in [4.78, 5) is 0. The SMILES string of the molecule is C1CC2C3CCC4C5CCCC6C7CCC8C9CCCC%10C%11CCC%12C%13CCCC%14C%15CCC%16C%17CCCC%18C%19CCC%20C%21CCCC%22C%23CCC%24C(C1)C2C1C2C3C4C3C(C56)C4C7C8C5C(C9%10)C6C%11C%12C7C(C%13%14)C8C%15C%16C9C(C%18%17)C%10C%19C%20C%11C(C%22%21)C%12C%23C%24C1C1C%12C%12C%11C%10C%10C9C8C8C7C6C6C5C4C4C3C2C1C1C4C6C8C%10C%121. The second-order valence-electron chi connectivity index (χ2n) is 59.6. The van der Waals surface area contributed by atoms with Crippen molar-refractivity contribution >= 4 is 0 Å². The highest BCUT2D eigenvalue weighted by Crippen LogP contribution is 3.01. The molecule has 43 fully saturated rings. The summed E-state index contributed by atoms with van der Waals surface area (Å²) in [7, 11) is 0. The molecule has 0 aromatic rings. The first-order valence-corrected chi connectivity index (χ1v) is 56.8. The summed E-state index contributed by atoms with van der Waals surface area (Å²) >= 11 is 0. The lowest BCUT2D eigenvalue weighted by Crippen LogP contribution is -2.91. The fraction of sp³-hybridized carbons (Fsp3) is 1.00. The van der Waals surface area contributed by atoms with Crippen molar-refractivity contribution in [1.29, 1.82) is 0 Å². The van der Waals surface area contributed by atoms with E-state index < -0.39 is 0 Å². The molecule has 0 aromatic carbocycles. The van der Waals surface area contributed by atoms with Crippen LogP contribution >= 0.6 is 0 Å². The van der Waals surface area contributed by atoms with E-state index in [0.717, 1.165) is 0 Å². The number of hydrogen-bond donors (Lipinski definition) is 0. The van der Waals surface area contributed by atoms with Crippen LogP contribution < -0.4 is 0 Å². The van der Waals surface area contributed by atoms with Crippen LogP contribution in [0.3, 0.4) is 0 Å². The van der Waals surface area contributed by atoms with Gasteiger partial charge in [0.2, 0.25) is 0 Å². The molecule has 43 rings (SSSR count). The maximum absolute atomic E-state index is 1.80. The predicted octanol–water partition coefficient (Wildman–Crippen LogP) is 22.0. The average Bonchev–Trinajstić information content (AvgIpc) is 0.601. The van der Waals surface area contributed by atoms with Gasteiger partial charge in [0.1, 0.15) is 0 Å². The van der Waals surface area contributed by atoms with Crippen molar-refractivity contribution < 1.29 is 0 Å². The molecule has 0 nitrogen and oxygen atoms in total. The van der Waals surface area contributed by atoms with Crippen LogP contribution in [0.25, 0.3) is 0 Å². The van der Waals surface area contributed by atoms with Crippen molar-refractivity contribution in [3.63, 3.8) is 0 Å². The number of hydrogen-bond acceptors (Lipinski definition) is 0. The van der Waals surface area contributed by atoms with Crippen LogP contribution in [0.15, 0.2) is 0 Å². The Morgan fingerprint density at radius 3 is 0.202 bits per heavy atom. The monoisotopic (exact) mass is 1510 g/mol. The predicted molar refractivity (Wildman–Crippen MR) is 432 cm³/mol. The van der Waals surface area contributed by atoms with E-state index in [1.165, 1.54) is 497 Å². The van der Waals surface area contributed by atoms with E-state index in [0.29, 0.717) is 0 Å². The first-order valence-electron chi connectivity index (χ1n) is 56.8. The van der Waals surface area contributed by atoms with Crippen LogP contribution in [0.1, 0.15) is 193 Å². The smallest absolute Gasteiger partial charge is 0.0312 e. The third kappa shape index (κ3) is 5.06. The molecule has 0 saturated heterocycles. The molecule has 114 heavy (non-hydrogen) atoms. The van der Waals surface area contributed by atoms with Crippen LogP contribution in [0, 0.1) is 497 Å². The van der Waals surface area contributed by atoms with Crippen molar-refractivity contribution in [2.24, 2.45) is 497 Å². The summed E-state index contributed by atoms with van der Waals surface area (Å²) in [5, 5.41) is 0. The van der Waals surface area contributed by atoms with E-state index in [1.807, 2.05) is 0 Å². The van der Waals surface area contributed by atoms with Crippen LogP contribution in [-0.4, -0.2) is 0 Å². The Labute approximate surface area is 685 Å². The molecule has 43 aliphatic carbocycles. The zero-order chi connectivity index (χ0) is 69.7. The average molecular weight is 1510 g/mol. The molecule has 0 heteroatoms. The first kappa shape index (κ1) is 59.8. The molecule has 43 saturated carbocycles. The van der Waals surface area contributed by atoms with E-state index in [9.17, 15) is 0 Å². The second-order valence-corrected chi connectivity index (χ2v) is 59.6. The Kier molecular flexibility index (Phi) is 9.35. The van der Waals surface area contributed by atoms with Gasteiger partial charge in [-0.05, 0) is 651 Å². The lowest BCUT2D eigenvalue weighted by atomic mass is 9.10. The minimum Gasteiger partial charge on any atom is -0.0527 e. The van der Waals surface area contributed by atoms with Gasteiger partial charge in [0.25, 0.3) is 0 Å². The molecule has 60 atom stereocenters. The molecule has 0 heterocycles. The molecule has 43 aliphatic rings. The van der Waals surface area contributed by atoms with Crippen LogP contribution in [-0.2, 0) is 0 Å². The lowest BCUT2D eigenvalue weighted by molar-refractivity contribution is -0.481. The highest BCUT2D eigenvalue weighted by atomic mass is 15.0. The molecule has 0 N–H and O–H groups in total. The fourth-order valence-electron chi connectivity index (χ4n) is 70.0. The van der Waals surface area contributed by atoms with Crippen molar-refractivity contribution in [2.75, 3.05) is 0 Å². The largest absolute Gasteiger partial charge is 0.0527 e. The summed E-state index contributed by atoms with van der Waals surface area (Å²) in [5.74, 6) is 104. The van der Waals surface area contributed by atoms with E-state index in [2.05, 4.69) is 0 Å². The Morgan fingerprint density at radius 2 is 0.114 bits per heavy atom. The molecule has 0 aliphatic heterocycles. The standard InChI is InChI=1S/C114H144/c1-7-31-43-19-21-45-33-9-2-11-35-47-23-25-49-37-13-4-15-39-51-27-29-53-41-17-6-18-42-54-30-28-52-40-16-5-14-38-50-26-24-48-36-12-3-10-34-46-22-20-44-32(8-1)55(31)73-79-61(43)63(45)81-74(56(33)35)83-65(47)67(49)85-76(58(37)39)87-69(51)71(53)89-78(60(41)42)90-72(54)70(52)88-77(59(38)40)86-68(50)66(48)84-75(57(34)36)82-64(46)62(44)80(73)92-94(82)105-96(84)98(86)107-100(88)102(90)108-101(89)99(87)106-97(85)95(83)104-93(81)91(79)103(92)109-110(104)112(106)114(108)113(107)111(105)109/h31-114H,1-30H2. The van der Waals surface area contributed by atoms with Crippen molar-refractivity contribution in [2.45, 2.75) is 193 Å². The molecule has 0 spiro atoms. The Morgan fingerprint density at radius 1 is 0.0526 bits per heavy atom. The molecule has 0 bridgehead atoms. The van der Waals surface area contributed by atoms with Gasteiger partial charge in [-0.1, -0.05) is 38.5 Å². The van der Waals surface area contributed by atoms with E-state index >= 15 is 0 Å². The van der Waals surface area contributed by atoms with Crippen molar-refractivity contribution in [1.82, 2.24) is 0 Å². The van der Waals surface area contributed by atoms with E-state index in [4.69, 9.17) is 0 Å². The third-order valence-corrected chi connectivity index (χ3v) is 64.6. The maximum Gasteiger partial charge on any atom is -0.0312 e.